The van der Waals surface area contributed by atoms with E-state index < -0.39 is 0 Å². The van der Waals surface area contributed by atoms with Crippen molar-refractivity contribution in [3.63, 3.8) is 0 Å². The second kappa shape index (κ2) is 3.50. The number of aromatic nitrogens is 2. The van der Waals surface area contributed by atoms with Crippen LogP contribution in [0.25, 0.3) is 16.6 Å². The number of rotatable bonds is 2. The molecule has 0 aromatic carbocycles. The van der Waals surface area contributed by atoms with Crippen LogP contribution in [0.1, 0.15) is 12.5 Å². The standard InChI is InChI=1S/C12H12N2/c1-3-4-9(2)11-7-10-5-6-13-12(10)14-8-11/h3-8H,2H2,1H3,(H,13,14)/b4-3-. The minimum atomic E-state index is 0.919. The van der Waals surface area contributed by atoms with Crippen LogP contribution in [0.3, 0.4) is 0 Å². The summed E-state index contributed by atoms with van der Waals surface area (Å²) in [6.07, 6.45) is 7.68. The van der Waals surface area contributed by atoms with E-state index in [0.29, 0.717) is 0 Å². The Morgan fingerprint density at radius 2 is 2.43 bits per heavy atom. The van der Waals surface area contributed by atoms with Crippen LogP contribution in [-0.2, 0) is 0 Å². The summed E-state index contributed by atoms with van der Waals surface area (Å²) in [7, 11) is 0. The van der Waals surface area contributed by atoms with E-state index >= 15 is 0 Å². The number of allylic oxidation sites excluding steroid dienone is 3. The molecule has 0 amide bonds. The normalized spacial score (nSPS) is 11.2. The molecule has 70 valence electrons. The molecule has 2 aromatic rings. The number of nitrogens with zero attached hydrogens (tertiary/aromatic N) is 1. The smallest absolute Gasteiger partial charge is 0.137 e. The Hall–Kier alpha value is -1.83. The molecule has 0 saturated heterocycles. The third kappa shape index (κ3) is 1.46. The summed E-state index contributed by atoms with van der Waals surface area (Å²) in [6, 6.07) is 4.09. The summed E-state index contributed by atoms with van der Waals surface area (Å²) >= 11 is 0. The first-order chi connectivity index (χ1) is 6.81. The third-order valence-corrected chi connectivity index (χ3v) is 2.14. The summed E-state index contributed by atoms with van der Waals surface area (Å²) in [5.74, 6) is 0. The van der Waals surface area contributed by atoms with Crippen molar-refractivity contribution in [1.29, 1.82) is 0 Å². The molecule has 0 atom stereocenters. The maximum Gasteiger partial charge on any atom is 0.137 e. The Bertz CT molecular complexity index is 492. The van der Waals surface area contributed by atoms with Gasteiger partial charge in [-0.05, 0) is 24.6 Å². The minimum Gasteiger partial charge on any atom is -0.346 e. The van der Waals surface area contributed by atoms with Crippen LogP contribution in [-0.4, -0.2) is 9.97 Å². The Balaban J connectivity index is 2.48. The van der Waals surface area contributed by atoms with Crippen molar-refractivity contribution < 1.29 is 0 Å². The molecule has 2 heterocycles. The van der Waals surface area contributed by atoms with E-state index in [9.17, 15) is 0 Å². The fraction of sp³-hybridized carbons (Fsp3) is 0.0833. The van der Waals surface area contributed by atoms with Crippen molar-refractivity contribution in [3.8, 4) is 0 Å². The van der Waals surface area contributed by atoms with Crippen molar-refractivity contribution in [2.24, 2.45) is 0 Å². The van der Waals surface area contributed by atoms with Crippen LogP contribution in [0.4, 0.5) is 0 Å². The van der Waals surface area contributed by atoms with E-state index in [1.165, 1.54) is 0 Å². The van der Waals surface area contributed by atoms with E-state index in [1.807, 2.05) is 37.5 Å². The Labute approximate surface area is 83.0 Å². The highest BCUT2D eigenvalue weighted by atomic mass is 14.8. The molecule has 0 unspecified atom stereocenters. The molecule has 0 bridgehead atoms. The van der Waals surface area contributed by atoms with Gasteiger partial charge >= 0.3 is 0 Å². The maximum atomic E-state index is 4.29. The first-order valence-electron chi connectivity index (χ1n) is 4.56. The van der Waals surface area contributed by atoms with Crippen molar-refractivity contribution in [3.05, 3.63) is 48.8 Å². The number of aromatic amines is 1. The van der Waals surface area contributed by atoms with Gasteiger partial charge in [-0.3, -0.25) is 0 Å². The number of fused-ring (bicyclic) bond motifs is 1. The van der Waals surface area contributed by atoms with E-state index in [-0.39, 0.29) is 0 Å². The lowest BCUT2D eigenvalue weighted by molar-refractivity contribution is 1.31. The van der Waals surface area contributed by atoms with Gasteiger partial charge in [-0.25, -0.2) is 4.98 Å². The number of pyridine rings is 1. The van der Waals surface area contributed by atoms with Crippen LogP contribution in [0.5, 0.6) is 0 Å². The fourth-order valence-electron chi connectivity index (χ4n) is 1.41. The number of nitrogens with one attached hydrogen (secondary N) is 1. The molecule has 2 aromatic heterocycles. The zero-order valence-corrected chi connectivity index (χ0v) is 8.12. The highest BCUT2D eigenvalue weighted by Crippen LogP contribution is 2.17. The summed E-state index contributed by atoms with van der Waals surface area (Å²) in [4.78, 5) is 7.35. The largest absolute Gasteiger partial charge is 0.346 e. The monoisotopic (exact) mass is 184 g/mol. The summed E-state index contributed by atoms with van der Waals surface area (Å²) < 4.78 is 0. The van der Waals surface area contributed by atoms with E-state index in [4.69, 9.17) is 0 Å². The molecule has 14 heavy (non-hydrogen) atoms. The van der Waals surface area contributed by atoms with Gasteiger partial charge in [0.15, 0.2) is 0 Å². The summed E-state index contributed by atoms with van der Waals surface area (Å²) in [5.41, 5.74) is 2.97. The van der Waals surface area contributed by atoms with Gasteiger partial charge in [0.2, 0.25) is 0 Å². The van der Waals surface area contributed by atoms with Crippen LogP contribution < -0.4 is 0 Å². The minimum absolute atomic E-state index is 0.919. The van der Waals surface area contributed by atoms with Gasteiger partial charge in [-0.15, -0.1) is 0 Å². The van der Waals surface area contributed by atoms with E-state index in [0.717, 1.165) is 22.2 Å². The predicted octanol–water partition coefficient (Wildman–Crippen LogP) is 3.15. The van der Waals surface area contributed by atoms with Crippen molar-refractivity contribution in [2.75, 3.05) is 0 Å². The Morgan fingerprint density at radius 1 is 1.57 bits per heavy atom. The highest BCUT2D eigenvalue weighted by molar-refractivity contribution is 5.82. The summed E-state index contributed by atoms with van der Waals surface area (Å²) in [6.45, 7) is 5.95. The molecular weight excluding hydrogens is 172 g/mol. The van der Waals surface area contributed by atoms with Crippen molar-refractivity contribution in [2.45, 2.75) is 6.92 Å². The molecule has 2 nitrogen and oxygen atoms in total. The molecule has 0 aliphatic rings. The number of hydrogen-bond donors (Lipinski definition) is 1. The first kappa shape index (κ1) is 8.75. The topological polar surface area (TPSA) is 28.7 Å². The number of hydrogen-bond acceptors (Lipinski definition) is 1. The van der Waals surface area contributed by atoms with Crippen LogP contribution in [0, 0.1) is 0 Å². The van der Waals surface area contributed by atoms with Gasteiger partial charge in [-0.2, -0.15) is 0 Å². The molecule has 2 rings (SSSR count). The molecular formula is C12H12N2. The first-order valence-corrected chi connectivity index (χ1v) is 4.56. The van der Waals surface area contributed by atoms with Crippen molar-refractivity contribution >= 4 is 16.6 Å². The molecule has 2 heteroatoms. The lowest BCUT2D eigenvalue weighted by Gasteiger charge is -1.99. The maximum absolute atomic E-state index is 4.29. The SMILES string of the molecule is C=C(/C=C\C)c1cnc2[nH]ccc2c1. The zero-order chi connectivity index (χ0) is 9.97. The molecule has 0 fully saturated rings. The van der Waals surface area contributed by atoms with E-state index in [2.05, 4.69) is 22.6 Å². The molecule has 0 saturated carbocycles. The Morgan fingerprint density at radius 3 is 3.21 bits per heavy atom. The highest BCUT2D eigenvalue weighted by Gasteiger charge is 1.99. The van der Waals surface area contributed by atoms with E-state index in [1.54, 1.807) is 0 Å². The van der Waals surface area contributed by atoms with Gasteiger partial charge in [0.25, 0.3) is 0 Å². The number of H-pyrrole nitrogens is 1. The van der Waals surface area contributed by atoms with Gasteiger partial charge in [-0.1, -0.05) is 18.7 Å². The van der Waals surface area contributed by atoms with Gasteiger partial charge in [0.1, 0.15) is 5.65 Å². The molecule has 1 N–H and O–H groups in total. The van der Waals surface area contributed by atoms with Crippen LogP contribution in [0.15, 0.2) is 43.3 Å². The molecule has 0 aliphatic carbocycles. The quantitative estimate of drug-likeness (QED) is 0.713. The molecule has 0 aliphatic heterocycles. The summed E-state index contributed by atoms with van der Waals surface area (Å²) in [5, 5.41) is 1.12. The average molecular weight is 184 g/mol. The average Bonchev–Trinajstić information content (AvgIpc) is 2.64. The Kier molecular flexibility index (Phi) is 2.19. The van der Waals surface area contributed by atoms with Gasteiger partial charge in [0, 0.05) is 23.3 Å². The fourth-order valence-corrected chi connectivity index (χ4v) is 1.41. The molecule has 0 radical (unpaired) electrons. The third-order valence-electron chi connectivity index (χ3n) is 2.14. The lowest BCUT2D eigenvalue weighted by atomic mass is 10.1. The van der Waals surface area contributed by atoms with Gasteiger partial charge < -0.3 is 4.98 Å². The molecule has 0 spiro atoms. The van der Waals surface area contributed by atoms with Crippen molar-refractivity contribution in [1.82, 2.24) is 9.97 Å². The van der Waals surface area contributed by atoms with Gasteiger partial charge in [0.05, 0.1) is 0 Å². The van der Waals surface area contributed by atoms with Crippen LogP contribution >= 0.6 is 0 Å². The zero-order valence-electron chi connectivity index (χ0n) is 8.12. The second-order valence-corrected chi connectivity index (χ2v) is 3.16. The second-order valence-electron chi connectivity index (χ2n) is 3.16. The lowest BCUT2D eigenvalue weighted by Crippen LogP contribution is -1.82. The van der Waals surface area contributed by atoms with Crippen LogP contribution in [0.2, 0.25) is 0 Å². The predicted molar refractivity (Wildman–Crippen MR) is 59.9 cm³/mol.